The Balaban J connectivity index is 4.51. The highest BCUT2D eigenvalue weighted by atomic mass is 16.1. The molecule has 12 heavy (non-hydrogen) atoms. The summed E-state index contributed by atoms with van der Waals surface area (Å²) in [7, 11) is 0. The Morgan fingerprint density at radius 1 is 1.42 bits per heavy atom. The van der Waals surface area contributed by atoms with E-state index in [1.54, 1.807) is 12.2 Å². The largest absolute Gasteiger partial charge is 0.329 e. The average Bonchev–Trinajstić information content (AvgIpc) is 1.99. The van der Waals surface area contributed by atoms with Crippen LogP contribution < -0.4 is 5.32 Å². The molecule has 0 atom stereocenters. The van der Waals surface area contributed by atoms with Gasteiger partial charge >= 0.3 is 0 Å². The molecule has 0 saturated heterocycles. The van der Waals surface area contributed by atoms with Crippen molar-refractivity contribution in [2.75, 3.05) is 0 Å². The Morgan fingerprint density at radius 3 is 2.33 bits per heavy atom. The molecule has 66 valence electrons. The van der Waals surface area contributed by atoms with Gasteiger partial charge in [0.25, 0.3) is 5.91 Å². The van der Waals surface area contributed by atoms with Crippen molar-refractivity contribution in [2.45, 2.75) is 13.8 Å². The molecular formula is C10H15NO. The number of carbonyl (C=O) groups is 1. The van der Waals surface area contributed by atoms with Gasteiger partial charge in [-0.1, -0.05) is 39.2 Å². The number of amides is 1. The fourth-order valence-corrected chi connectivity index (χ4v) is 0.833. The predicted octanol–water partition coefficient (Wildman–Crippen LogP) is 2.01. The third-order valence-corrected chi connectivity index (χ3v) is 1.41. The average molecular weight is 165 g/mol. The molecule has 1 amide bonds. The zero-order valence-corrected chi connectivity index (χ0v) is 7.63. The van der Waals surface area contributed by atoms with Gasteiger partial charge in [-0.15, -0.1) is 0 Å². The van der Waals surface area contributed by atoms with Gasteiger partial charge in [-0.25, -0.2) is 0 Å². The molecule has 2 heteroatoms. The molecule has 0 aliphatic carbocycles. The maximum atomic E-state index is 11.3. The standard InChI is InChI=1S/C10H15NO/c1-5-7-9(8(3)4)10(12)11-6-2/h5-8H,1-2H2,3-4H3,(H,11,12)/b9-7-. The summed E-state index contributed by atoms with van der Waals surface area (Å²) in [6.07, 6.45) is 4.70. The van der Waals surface area contributed by atoms with E-state index in [1.165, 1.54) is 6.20 Å². The van der Waals surface area contributed by atoms with E-state index in [-0.39, 0.29) is 11.8 Å². The lowest BCUT2D eigenvalue weighted by molar-refractivity contribution is -0.117. The molecule has 0 saturated carbocycles. The fourth-order valence-electron chi connectivity index (χ4n) is 0.833. The van der Waals surface area contributed by atoms with Gasteiger partial charge in [0.05, 0.1) is 0 Å². The molecule has 0 radical (unpaired) electrons. The predicted molar refractivity (Wildman–Crippen MR) is 51.5 cm³/mol. The fraction of sp³-hybridized carbons (Fsp3) is 0.300. The van der Waals surface area contributed by atoms with Gasteiger partial charge in [-0.3, -0.25) is 4.79 Å². The highest BCUT2D eigenvalue weighted by Gasteiger charge is 2.10. The van der Waals surface area contributed by atoms with Gasteiger partial charge in [0.1, 0.15) is 0 Å². The molecule has 0 heterocycles. The molecule has 0 fully saturated rings. The Labute approximate surface area is 73.7 Å². The number of hydrogen-bond donors (Lipinski definition) is 1. The van der Waals surface area contributed by atoms with Crippen LogP contribution in [0.4, 0.5) is 0 Å². The van der Waals surface area contributed by atoms with E-state index in [2.05, 4.69) is 18.5 Å². The maximum Gasteiger partial charge on any atom is 0.251 e. The van der Waals surface area contributed by atoms with Crippen molar-refractivity contribution in [3.63, 3.8) is 0 Å². The monoisotopic (exact) mass is 165 g/mol. The van der Waals surface area contributed by atoms with E-state index < -0.39 is 0 Å². The summed E-state index contributed by atoms with van der Waals surface area (Å²) in [5.41, 5.74) is 0.713. The van der Waals surface area contributed by atoms with Crippen molar-refractivity contribution in [1.82, 2.24) is 5.32 Å². The number of rotatable bonds is 4. The highest BCUT2D eigenvalue weighted by Crippen LogP contribution is 2.09. The van der Waals surface area contributed by atoms with E-state index in [0.717, 1.165) is 0 Å². The van der Waals surface area contributed by atoms with Crippen LogP contribution in [0, 0.1) is 5.92 Å². The molecule has 0 aliphatic heterocycles. The molecule has 0 aromatic carbocycles. The first-order valence-corrected chi connectivity index (χ1v) is 3.87. The molecular weight excluding hydrogens is 150 g/mol. The van der Waals surface area contributed by atoms with Crippen molar-refractivity contribution in [3.8, 4) is 0 Å². The molecule has 0 aromatic rings. The van der Waals surface area contributed by atoms with Gasteiger partial charge in [0.2, 0.25) is 0 Å². The van der Waals surface area contributed by atoms with Crippen LogP contribution in [0.3, 0.4) is 0 Å². The second kappa shape index (κ2) is 5.35. The second-order valence-corrected chi connectivity index (χ2v) is 2.69. The quantitative estimate of drug-likeness (QED) is 0.501. The normalized spacial score (nSPS) is 11.1. The molecule has 1 N–H and O–H groups in total. The molecule has 0 bridgehead atoms. The van der Waals surface area contributed by atoms with Crippen LogP contribution in [0.5, 0.6) is 0 Å². The smallest absolute Gasteiger partial charge is 0.251 e. The van der Waals surface area contributed by atoms with Crippen molar-refractivity contribution < 1.29 is 4.79 Å². The van der Waals surface area contributed by atoms with Crippen molar-refractivity contribution >= 4 is 5.91 Å². The summed E-state index contributed by atoms with van der Waals surface area (Å²) in [4.78, 5) is 11.3. The molecule has 0 unspecified atom stereocenters. The SMILES string of the molecule is C=C/C=C(\C(=O)NC=C)C(C)C. The minimum Gasteiger partial charge on any atom is -0.329 e. The van der Waals surface area contributed by atoms with Crippen molar-refractivity contribution in [2.24, 2.45) is 5.92 Å². The van der Waals surface area contributed by atoms with Crippen LogP contribution in [0.2, 0.25) is 0 Å². The van der Waals surface area contributed by atoms with E-state index in [9.17, 15) is 4.79 Å². The maximum absolute atomic E-state index is 11.3. The Morgan fingerprint density at radius 2 is 2.00 bits per heavy atom. The number of hydrogen-bond acceptors (Lipinski definition) is 1. The van der Waals surface area contributed by atoms with Crippen LogP contribution in [-0.2, 0) is 4.79 Å². The summed E-state index contributed by atoms with van der Waals surface area (Å²) in [6, 6.07) is 0. The number of carbonyl (C=O) groups excluding carboxylic acids is 1. The third-order valence-electron chi connectivity index (χ3n) is 1.41. The van der Waals surface area contributed by atoms with Crippen LogP contribution >= 0.6 is 0 Å². The topological polar surface area (TPSA) is 29.1 Å². The Hall–Kier alpha value is -1.31. The summed E-state index contributed by atoms with van der Waals surface area (Å²) in [6.45, 7) is 10.9. The van der Waals surface area contributed by atoms with Crippen LogP contribution in [0.15, 0.2) is 37.1 Å². The summed E-state index contributed by atoms with van der Waals surface area (Å²) < 4.78 is 0. The zero-order chi connectivity index (χ0) is 9.56. The van der Waals surface area contributed by atoms with Crippen LogP contribution in [0.25, 0.3) is 0 Å². The van der Waals surface area contributed by atoms with Gasteiger partial charge in [0.15, 0.2) is 0 Å². The van der Waals surface area contributed by atoms with Crippen LogP contribution in [0.1, 0.15) is 13.8 Å². The van der Waals surface area contributed by atoms with Gasteiger partial charge in [0, 0.05) is 5.57 Å². The zero-order valence-electron chi connectivity index (χ0n) is 7.63. The Kier molecular flexibility index (Phi) is 4.77. The number of allylic oxidation sites excluding steroid dienone is 2. The minimum absolute atomic E-state index is 0.111. The van der Waals surface area contributed by atoms with Crippen molar-refractivity contribution in [3.05, 3.63) is 37.1 Å². The molecule has 0 aromatic heterocycles. The van der Waals surface area contributed by atoms with Gasteiger partial charge < -0.3 is 5.32 Å². The summed E-state index contributed by atoms with van der Waals surface area (Å²) in [5.74, 6) is 0.0860. The van der Waals surface area contributed by atoms with Gasteiger partial charge in [-0.2, -0.15) is 0 Å². The van der Waals surface area contributed by atoms with Crippen LogP contribution in [-0.4, -0.2) is 5.91 Å². The lowest BCUT2D eigenvalue weighted by Gasteiger charge is -2.08. The molecule has 0 spiro atoms. The summed E-state index contributed by atoms with van der Waals surface area (Å²) in [5, 5.41) is 2.52. The first-order valence-electron chi connectivity index (χ1n) is 3.87. The van der Waals surface area contributed by atoms with E-state index in [0.29, 0.717) is 5.57 Å². The van der Waals surface area contributed by atoms with Gasteiger partial charge in [-0.05, 0) is 12.1 Å². The van der Waals surface area contributed by atoms with E-state index in [4.69, 9.17) is 0 Å². The van der Waals surface area contributed by atoms with Crippen molar-refractivity contribution in [1.29, 1.82) is 0 Å². The lowest BCUT2D eigenvalue weighted by Crippen LogP contribution is -2.21. The second-order valence-electron chi connectivity index (χ2n) is 2.69. The Bertz CT molecular complexity index is 214. The first-order chi connectivity index (χ1) is 5.63. The molecule has 2 nitrogen and oxygen atoms in total. The highest BCUT2D eigenvalue weighted by molar-refractivity contribution is 5.94. The molecule has 0 aliphatic rings. The third kappa shape index (κ3) is 3.19. The first kappa shape index (κ1) is 10.7. The van der Waals surface area contributed by atoms with E-state index in [1.807, 2.05) is 13.8 Å². The lowest BCUT2D eigenvalue weighted by atomic mass is 10.0. The molecule has 0 rings (SSSR count). The number of nitrogens with one attached hydrogen (secondary N) is 1. The minimum atomic E-state index is -0.111. The van der Waals surface area contributed by atoms with E-state index >= 15 is 0 Å². The summed E-state index contributed by atoms with van der Waals surface area (Å²) >= 11 is 0.